The predicted molar refractivity (Wildman–Crippen MR) is 107 cm³/mol. The second-order valence-electron chi connectivity index (χ2n) is 5.80. The largest absolute Gasteiger partial charge is 0.492 e. The first-order valence-corrected chi connectivity index (χ1v) is 9.47. The number of pyridine rings is 1. The summed E-state index contributed by atoms with van der Waals surface area (Å²) < 4.78 is 19.9. The molecule has 2 N–H and O–H groups in total. The van der Waals surface area contributed by atoms with Gasteiger partial charge in [0, 0.05) is 29.9 Å². The molecule has 0 aliphatic heterocycles. The third-order valence-corrected chi connectivity index (χ3v) is 4.42. The van der Waals surface area contributed by atoms with Crippen LogP contribution in [0.25, 0.3) is 0 Å². The molecule has 0 fully saturated rings. The zero-order valence-electron chi connectivity index (χ0n) is 15.3. The maximum atomic E-state index is 13.4. The minimum absolute atomic E-state index is 0.151. The number of hydrogen-bond acceptors (Lipinski definition) is 6. The summed E-state index contributed by atoms with van der Waals surface area (Å²) in [4.78, 5) is 40.7. The van der Waals surface area contributed by atoms with Crippen molar-refractivity contribution in [2.75, 3.05) is 17.2 Å². The number of amides is 2. The fourth-order valence-electron chi connectivity index (χ4n) is 2.46. The van der Waals surface area contributed by atoms with Crippen LogP contribution >= 0.6 is 11.3 Å². The Kier molecular flexibility index (Phi) is 6.35. The Morgan fingerprint density at radius 1 is 1.24 bits per heavy atom. The molecule has 0 spiro atoms. The normalized spacial score (nSPS) is 10.4. The van der Waals surface area contributed by atoms with Gasteiger partial charge in [-0.2, -0.15) is 0 Å². The molecule has 8 nitrogen and oxygen atoms in total. The quantitative estimate of drug-likeness (QED) is 0.617. The molecule has 0 aliphatic carbocycles. The molecule has 10 heteroatoms. The number of nitrogens with one attached hydrogen (secondary N) is 2. The van der Waals surface area contributed by atoms with E-state index in [1.165, 1.54) is 47.9 Å². The standard InChI is InChI=1S/C19H17FN4O4S/c1-2-28-15-9-13(20)4-5-14(15)22-18(27)12-3-6-17(26)24(10-12)11-16(25)23-19-21-7-8-29-19/h3-10H,2,11H2,1H3,(H,22,27)(H,21,23,25). The number of carbonyl (C=O) groups is 2. The third kappa shape index (κ3) is 5.26. The van der Waals surface area contributed by atoms with Gasteiger partial charge >= 0.3 is 0 Å². The molecule has 0 unspecified atom stereocenters. The smallest absolute Gasteiger partial charge is 0.257 e. The van der Waals surface area contributed by atoms with Crippen LogP contribution in [-0.2, 0) is 11.3 Å². The Morgan fingerprint density at radius 3 is 2.79 bits per heavy atom. The minimum atomic E-state index is -0.536. The van der Waals surface area contributed by atoms with E-state index in [1.807, 2.05) is 0 Å². The van der Waals surface area contributed by atoms with Gasteiger partial charge < -0.3 is 19.9 Å². The Labute approximate surface area is 169 Å². The van der Waals surface area contributed by atoms with Gasteiger partial charge in [0.05, 0.1) is 17.9 Å². The van der Waals surface area contributed by atoms with Crippen molar-refractivity contribution in [3.05, 3.63) is 69.8 Å². The van der Waals surface area contributed by atoms with Crippen molar-refractivity contribution in [1.29, 1.82) is 0 Å². The number of hydrogen-bond donors (Lipinski definition) is 2. The summed E-state index contributed by atoms with van der Waals surface area (Å²) in [6, 6.07) is 6.29. The van der Waals surface area contributed by atoms with Crippen LogP contribution in [0.5, 0.6) is 5.75 Å². The maximum absolute atomic E-state index is 13.4. The molecule has 29 heavy (non-hydrogen) atoms. The summed E-state index contributed by atoms with van der Waals surface area (Å²) in [6.07, 6.45) is 2.83. The second-order valence-corrected chi connectivity index (χ2v) is 6.69. The van der Waals surface area contributed by atoms with Crippen molar-refractivity contribution >= 4 is 34.0 Å². The summed E-state index contributed by atoms with van der Waals surface area (Å²) >= 11 is 1.25. The van der Waals surface area contributed by atoms with E-state index in [0.717, 1.165) is 4.57 Å². The molecule has 0 saturated carbocycles. The van der Waals surface area contributed by atoms with E-state index in [1.54, 1.807) is 18.5 Å². The Hall–Kier alpha value is -3.53. The van der Waals surface area contributed by atoms with Crippen LogP contribution in [0.1, 0.15) is 17.3 Å². The van der Waals surface area contributed by atoms with Crippen molar-refractivity contribution in [1.82, 2.24) is 9.55 Å². The number of anilines is 2. The van der Waals surface area contributed by atoms with Crippen molar-refractivity contribution in [2.24, 2.45) is 0 Å². The summed E-state index contributed by atoms with van der Waals surface area (Å²) in [5.41, 5.74) is 0.00330. The van der Waals surface area contributed by atoms with Gasteiger partial charge in [-0.1, -0.05) is 0 Å². The van der Waals surface area contributed by atoms with E-state index < -0.39 is 23.2 Å². The highest BCUT2D eigenvalue weighted by atomic mass is 32.1. The van der Waals surface area contributed by atoms with Crippen LogP contribution in [0, 0.1) is 5.82 Å². The van der Waals surface area contributed by atoms with Crippen molar-refractivity contribution < 1.29 is 18.7 Å². The van der Waals surface area contributed by atoms with Crippen molar-refractivity contribution in [2.45, 2.75) is 13.5 Å². The predicted octanol–water partition coefficient (Wildman–Crippen LogP) is 2.73. The number of nitrogens with zero attached hydrogens (tertiary/aromatic N) is 2. The fourth-order valence-corrected chi connectivity index (χ4v) is 3.00. The molecule has 0 radical (unpaired) electrons. The highest BCUT2D eigenvalue weighted by Crippen LogP contribution is 2.26. The highest BCUT2D eigenvalue weighted by molar-refractivity contribution is 7.13. The minimum Gasteiger partial charge on any atom is -0.492 e. The number of ether oxygens (including phenoxy) is 1. The van der Waals surface area contributed by atoms with Gasteiger partial charge in [-0.15, -0.1) is 11.3 Å². The summed E-state index contributed by atoms with van der Waals surface area (Å²) in [5.74, 6) is -1.29. The number of benzene rings is 1. The van der Waals surface area contributed by atoms with Crippen LogP contribution < -0.4 is 20.9 Å². The summed E-state index contributed by atoms with van der Waals surface area (Å²) in [6.45, 7) is 1.76. The first-order valence-electron chi connectivity index (χ1n) is 8.60. The molecule has 150 valence electrons. The van der Waals surface area contributed by atoms with Crippen LogP contribution in [-0.4, -0.2) is 28.0 Å². The van der Waals surface area contributed by atoms with Gasteiger partial charge in [0.2, 0.25) is 5.91 Å². The SMILES string of the molecule is CCOc1cc(F)ccc1NC(=O)c1ccc(=O)n(CC(=O)Nc2nccs2)c1. The lowest BCUT2D eigenvalue weighted by Gasteiger charge is -2.12. The molecule has 1 aromatic carbocycles. The number of rotatable bonds is 7. The van der Waals surface area contributed by atoms with Gasteiger partial charge in [-0.25, -0.2) is 9.37 Å². The lowest BCUT2D eigenvalue weighted by atomic mass is 10.2. The van der Waals surface area contributed by atoms with Gasteiger partial charge in [-0.05, 0) is 25.1 Å². The average Bonchev–Trinajstić information content (AvgIpc) is 3.18. The van der Waals surface area contributed by atoms with Gasteiger partial charge in [0.1, 0.15) is 18.1 Å². The van der Waals surface area contributed by atoms with Crippen LogP contribution in [0.15, 0.2) is 52.9 Å². The summed E-state index contributed by atoms with van der Waals surface area (Å²) in [7, 11) is 0. The maximum Gasteiger partial charge on any atom is 0.257 e. The van der Waals surface area contributed by atoms with E-state index in [2.05, 4.69) is 15.6 Å². The highest BCUT2D eigenvalue weighted by Gasteiger charge is 2.14. The van der Waals surface area contributed by atoms with Crippen molar-refractivity contribution in [3.8, 4) is 5.75 Å². The average molecular weight is 416 g/mol. The molecule has 3 aromatic rings. The van der Waals surface area contributed by atoms with E-state index in [-0.39, 0.29) is 23.5 Å². The van der Waals surface area contributed by atoms with Crippen LogP contribution in [0.3, 0.4) is 0 Å². The molecular formula is C19H17FN4O4S. The molecule has 0 atom stereocenters. The fraction of sp³-hybridized carbons (Fsp3) is 0.158. The number of halogens is 1. The lowest BCUT2D eigenvalue weighted by molar-refractivity contribution is -0.116. The molecule has 2 aromatic heterocycles. The molecular weight excluding hydrogens is 399 g/mol. The number of carbonyl (C=O) groups excluding carboxylic acids is 2. The first-order chi connectivity index (χ1) is 14.0. The molecule has 0 bridgehead atoms. The van der Waals surface area contributed by atoms with Crippen LogP contribution in [0.4, 0.5) is 15.2 Å². The van der Waals surface area contributed by atoms with Gasteiger partial charge in [-0.3, -0.25) is 14.4 Å². The second kappa shape index (κ2) is 9.11. The van der Waals surface area contributed by atoms with E-state index in [4.69, 9.17) is 4.74 Å². The topological polar surface area (TPSA) is 102 Å². The molecule has 2 heterocycles. The monoisotopic (exact) mass is 416 g/mol. The third-order valence-electron chi connectivity index (χ3n) is 3.73. The van der Waals surface area contributed by atoms with E-state index in [0.29, 0.717) is 11.7 Å². The molecule has 0 saturated heterocycles. The Balaban J connectivity index is 1.76. The first kappa shape index (κ1) is 20.2. The molecule has 2 amide bonds. The zero-order valence-corrected chi connectivity index (χ0v) is 16.2. The van der Waals surface area contributed by atoms with Crippen molar-refractivity contribution in [3.63, 3.8) is 0 Å². The number of aromatic nitrogens is 2. The Morgan fingerprint density at radius 2 is 2.07 bits per heavy atom. The van der Waals surface area contributed by atoms with E-state index >= 15 is 0 Å². The molecule has 0 aliphatic rings. The summed E-state index contributed by atoms with van der Waals surface area (Å²) in [5, 5.41) is 7.31. The zero-order chi connectivity index (χ0) is 20.8. The van der Waals surface area contributed by atoms with Crippen LogP contribution in [0.2, 0.25) is 0 Å². The molecule has 3 rings (SSSR count). The number of thiazole rings is 1. The van der Waals surface area contributed by atoms with E-state index in [9.17, 15) is 18.8 Å². The van der Waals surface area contributed by atoms with Gasteiger partial charge in [0.15, 0.2) is 5.13 Å². The Bertz CT molecular complexity index is 1080. The lowest BCUT2D eigenvalue weighted by Crippen LogP contribution is -2.28. The van der Waals surface area contributed by atoms with Gasteiger partial charge in [0.25, 0.3) is 11.5 Å².